The van der Waals surface area contributed by atoms with Crippen LogP contribution in [0.25, 0.3) is 29.3 Å². The van der Waals surface area contributed by atoms with E-state index in [1.54, 1.807) is 11.1 Å². The minimum absolute atomic E-state index is 1.22. The maximum absolute atomic E-state index is 2.36. The molecule has 4 heteroatoms. The fourth-order valence-corrected chi connectivity index (χ4v) is 9.21. The zero-order valence-corrected chi connectivity index (χ0v) is 25.4. The molecular formula is C32H42S4. The van der Waals surface area contributed by atoms with Gasteiger partial charge < -0.3 is 0 Å². The lowest BCUT2D eigenvalue weighted by atomic mass is 10.1. The number of hydrogen-bond acceptors (Lipinski definition) is 4. The zero-order valence-electron chi connectivity index (χ0n) is 22.2. The van der Waals surface area contributed by atoms with Crippen LogP contribution in [0.1, 0.15) is 102 Å². The van der Waals surface area contributed by atoms with Gasteiger partial charge in [0.05, 0.1) is 0 Å². The Morgan fingerprint density at radius 2 is 0.833 bits per heavy atom. The van der Waals surface area contributed by atoms with Gasteiger partial charge in [0.25, 0.3) is 0 Å². The van der Waals surface area contributed by atoms with E-state index in [0.29, 0.717) is 0 Å². The first-order chi connectivity index (χ1) is 17.8. The second-order valence-corrected chi connectivity index (χ2v) is 13.9. The van der Waals surface area contributed by atoms with Crippen LogP contribution < -0.4 is 0 Å². The molecule has 0 N–H and O–H groups in total. The lowest BCUT2D eigenvalue weighted by Gasteiger charge is -2.03. The predicted molar refractivity (Wildman–Crippen MR) is 168 cm³/mol. The first-order valence-electron chi connectivity index (χ1n) is 14.1. The highest BCUT2D eigenvalue weighted by molar-refractivity contribution is 7.28. The summed E-state index contributed by atoms with van der Waals surface area (Å²) in [4.78, 5) is 8.70. The fraction of sp³-hybridized carbons (Fsp3) is 0.500. The van der Waals surface area contributed by atoms with Gasteiger partial charge in [-0.25, -0.2) is 0 Å². The minimum atomic E-state index is 1.22. The molecule has 0 unspecified atom stereocenters. The first kappa shape index (κ1) is 27.8. The lowest BCUT2D eigenvalue weighted by Crippen LogP contribution is -1.86. The number of hydrogen-bond donors (Lipinski definition) is 0. The largest absolute Gasteiger partial charge is 0.143 e. The smallest absolute Gasteiger partial charge is 0.0474 e. The van der Waals surface area contributed by atoms with Gasteiger partial charge in [-0.2, -0.15) is 0 Å². The molecule has 0 aliphatic carbocycles. The van der Waals surface area contributed by atoms with Gasteiger partial charge in [0.1, 0.15) is 0 Å². The van der Waals surface area contributed by atoms with Crippen molar-refractivity contribution in [1.82, 2.24) is 0 Å². The molecule has 0 amide bonds. The van der Waals surface area contributed by atoms with Crippen molar-refractivity contribution in [1.29, 1.82) is 0 Å². The molecule has 0 atom stereocenters. The molecule has 0 nitrogen and oxygen atoms in total. The van der Waals surface area contributed by atoms with Crippen molar-refractivity contribution in [2.75, 3.05) is 0 Å². The Kier molecular flexibility index (Phi) is 11.8. The molecule has 0 spiro atoms. The SMILES string of the molecule is CCCCCCCCc1ccsc1-c1ccc(-c2ccc(-c3sccc3CCCCCCCC)s2)s1. The van der Waals surface area contributed by atoms with Crippen LogP contribution in [0, 0.1) is 0 Å². The summed E-state index contributed by atoms with van der Waals surface area (Å²) in [7, 11) is 0. The van der Waals surface area contributed by atoms with Crippen LogP contribution >= 0.6 is 45.3 Å². The van der Waals surface area contributed by atoms with Crippen molar-refractivity contribution in [2.45, 2.75) is 104 Å². The van der Waals surface area contributed by atoms with Gasteiger partial charge in [0.15, 0.2) is 0 Å². The number of unbranched alkanes of at least 4 members (excludes halogenated alkanes) is 10. The Morgan fingerprint density at radius 3 is 1.28 bits per heavy atom. The van der Waals surface area contributed by atoms with Crippen LogP contribution in [-0.2, 0) is 12.8 Å². The van der Waals surface area contributed by atoms with Gasteiger partial charge in [-0.3, -0.25) is 0 Å². The van der Waals surface area contributed by atoms with Gasteiger partial charge in [-0.1, -0.05) is 78.1 Å². The van der Waals surface area contributed by atoms with E-state index in [1.165, 1.54) is 119 Å². The first-order valence-corrected chi connectivity index (χ1v) is 17.5. The maximum Gasteiger partial charge on any atom is 0.0474 e. The summed E-state index contributed by atoms with van der Waals surface area (Å²) >= 11 is 7.78. The van der Waals surface area contributed by atoms with Crippen molar-refractivity contribution < 1.29 is 0 Å². The highest BCUT2D eigenvalue weighted by Gasteiger charge is 2.14. The van der Waals surface area contributed by atoms with E-state index < -0.39 is 0 Å². The second-order valence-electron chi connectivity index (χ2n) is 9.91. The van der Waals surface area contributed by atoms with Crippen LogP contribution in [0.15, 0.2) is 47.2 Å². The molecule has 0 aliphatic heterocycles. The molecule has 0 fully saturated rings. The number of rotatable bonds is 17. The zero-order chi connectivity index (χ0) is 25.0. The Balaban J connectivity index is 1.35. The van der Waals surface area contributed by atoms with Gasteiger partial charge in [0, 0.05) is 29.3 Å². The van der Waals surface area contributed by atoms with Crippen LogP contribution in [0.3, 0.4) is 0 Å². The van der Waals surface area contributed by atoms with Crippen molar-refractivity contribution in [3.8, 4) is 29.3 Å². The molecule has 0 bridgehead atoms. The van der Waals surface area contributed by atoms with Gasteiger partial charge >= 0.3 is 0 Å². The quantitative estimate of drug-likeness (QED) is 0.114. The molecule has 0 aliphatic rings. The minimum Gasteiger partial charge on any atom is -0.143 e. The second kappa shape index (κ2) is 15.3. The molecule has 4 aromatic rings. The molecule has 0 aromatic carbocycles. The third kappa shape index (κ3) is 7.90. The summed E-state index contributed by atoms with van der Waals surface area (Å²) in [6, 6.07) is 14.1. The predicted octanol–water partition coefficient (Wildman–Crippen LogP) is 12.7. The summed E-state index contributed by atoms with van der Waals surface area (Å²) in [5.74, 6) is 0. The molecule has 4 aromatic heterocycles. The summed E-state index contributed by atoms with van der Waals surface area (Å²) in [6.07, 6.45) is 18.8. The molecule has 36 heavy (non-hydrogen) atoms. The molecule has 4 heterocycles. The maximum atomic E-state index is 2.36. The van der Waals surface area contributed by atoms with E-state index in [0.717, 1.165) is 0 Å². The van der Waals surface area contributed by atoms with Crippen LogP contribution in [0.4, 0.5) is 0 Å². The van der Waals surface area contributed by atoms with Gasteiger partial charge in [0.2, 0.25) is 0 Å². The van der Waals surface area contributed by atoms with Crippen molar-refractivity contribution >= 4 is 45.3 Å². The third-order valence-electron chi connectivity index (χ3n) is 7.00. The monoisotopic (exact) mass is 554 g/mol. The van der Waals surface area contributed by atoms with Gasteiger partial charge in [-0.05, 0) is 84.0 Å². The average Bonchev–Trinajstić information content (AvgIpc) is 3.69. The van der Waals surface area contributed by atoms with Crippen LogP contribution in [0.5, 0.6) is 0 Å². The van der Waals surface area contributed by atoms with E-state index in [9.17, 15) is 0 Å². The Hall–Kier alpha value is -1.20. The summed E-state index contributed by atoms with van der Waals surface area (Å²) in [5.41, 5.74) is 3.10. The Morgan fingerprint density at radius 1 is 0.444 bits per heavy atom. The Labute approximate surface area is 235 Å². The average molecular weight is 555 g/mol. The summed E-state index contributed by atoms with van der Waals surface area (Å²) in [5, 5.41) is 4.57. The van der Waals surface area contributed by atoms with E-state index in [-0.39, 0.29) is 0 Å². The summed E-state index contributed by atoms with van der Waals surface area (Å²) in [6.45, 7) is 4.58. The van der Waals surface area contributed by atoms with E-state index in [1.807, 2.05) is 45.3 Å². The van der Waals surface area contributed by atoms with E-state index >= 15 is 0 Å². The van der Waals surface area contributed by atoms with E-state index in [2.05, 4.69) is 61.0 Å². The highest BCUT2D eigenvalue weighted by atomic mass is 32.1. The van der Waals surface area contributed by atoms with Crippen LogP contribution in [0.2, 0.25) is 0 Å². The van der Waals surface area contributed by atoms with Crippen molar-refractivity contribution in [2.24, 2.45) is 0 Å². The van der Waals surface area contributed by atoms with Crippen LogP contribution in [-0.4, -0.2) is 0 Å². The summed E-state index contributed by atoms with van der Waals surface area (Å²) < 4.78 is 0. The molecule has 194 valence electrons. The van der Waals surface area contributed by atoms with Crippen molar-refractivity contribution in [3.05, 3.63) is 58.3 Å². The molecule has 4 rings (SSSR count). The van der Waals surface area contributed by atoms with E-state index in [4.69, 9.17) is 0 Å². The molecule has 0 saturated carbocycles. The highest BCUT2D eigenvalue weighted by Crippen LogP contribution is 2.44. The van der Waals surface area contributed by atoms with Gasteiger partial charge in [-0.15, -0.1) is 45.3 Å². The fourth-order valence-electron chi connectivity index (χ4n) is 4.87. The lowest BCUT2D eigenvalue weighted by molar-refractivity contribution is 0.608. The molecule has 0 saturated heterocycles. The standard InChI is InChI=1S/C32H42S4/c1-3-5-7-9-11-13-15-25-21-23-33-31(25)29-19-17-27(35-29)28-18-20-30(36-28)32-26(22-24-34-32)16-14-12-10-8-6-4-2/h17-24H,3-16H2,1-2H3. The number of aryl methyl sites for hydroxylation is 2. The normalized spacial score (nSPS) is 11.5. The molecule has 0 radical (unpaired) electrons. The Bertz CT molecular complexity index is 1050. The topological polar surface area (TPSA) is 0 Å². The number of thiophene rings is 4. The third-order valence-corrected chi connectivity index (χ3v) is 11.6. The molecular weight excluding hydrogens is 513 g/mol. The van der Waals surface area contributed by atoms with Crippen molar-refractivity contribution in [3.63, 3.8) is 0 Å².